The summed E-state index contributed by atoms with van der Waals surface area (Å²) in [4.78, 5) is 0. The highest BCUT2D eigenvalue weighted by atomic mass is 32.2. The monoisotopic (exact) mass is 227 g/mol. The zero-order chi connectivity index (χ0) is 10.7. The normalized spacial score (nSPS) is 39.2. The van der Waals surface area contributed by atoms with Gasteiger partial charge < -0.3 is 5.73 Å². The summed E-state index contributed by atoms with van der Waals surface area (Å²) in [6.45, 7) is 2.35. The summed E-state index contributed by atoms with van der Waals surface area (Å²) >= 11 is 2.10. The van der Waals surface area contributed by atoms with Gasteiger partial charge in [0, 0.05) is 6.04 Å². The first-order valence-corrected chi connectivity index (χ1v) is 7.81. The van der Waals surface area contributed by atoms with Crippen LogP contribution in [0.5, 0.6) is 0 Å². The van der Waals surface area contributed by atoms with Crippen molar-refractivity contribution < 1.29 is 0 Å². The summed E-state index contributed by atoms with van der Waals surface area (Å²) in [5, 5.41) is 0. The summed E-state index contributed by atoms with van der Waals surface area (Å²) in [7, 11) is 0. The highest BCUT2D eigenvalue weighted by Crippen LogP contribution is 2.38. The second-order valence-electron chi connectivity index (χ2n) is 5.32. The Morgan fingerprint density at radius 2 is 2.07 bits per heavy atom. The standard InChI is InChI=1S/C13H25NS/c1-2-10-5-3-4-6-12(10)13(14)11-7-8-15-9-11/h10-13H,2-9,14H2,1H3. The van der Waals surface area contributed by atoms with Gasteiger partial charge in [0.1, 0.15) is 0 Å². The lowest BCUT2D eigenvalue weighted by atomic mass is 9.71. The van der Waals surface area contributed by atoms with Crippen molar-refractivity contribution in [2.24, 2.45) is 23.5 Å². The number of hydrogen-bond acceptors (Lipinski definition) is 2. The van der Waals surface area contributed by atoms with Crippen molar-refractivity contribution in [1.29, 1.82) is 0 Å². The second-order valence-corrected chi connectivity index (χ2v) is 6.47. The van der Waals surface area contributed by atoms with Gasteiger partial charge in [0.2, 0.25) is 0 Å². The van der Waals surface area contributed by atoms with E-state index in [9.17, 15) is 0 Å². The molecule has 1 nitrogen and oxygen atoms in total. The van der Waals surface area contributed by atoms with Crippen molar-refractivity contribution in [3.8, 4) is 0 Å². The van der Waals surface area contributed by atoms with Crippen LogP contribution in [0.15, 0.2) is 0 Å². The third-order valence-corrected chi connectivity index (χ3v) is 5.68. The molecule has 0 spiro atoms. The fourth-order valence-corrected chi connectivity index (χ4v) is 4.78. The molecule has 2 heteroatoms. The van der Waals surface area contributed by atoms with Crippen molar-refractivity contribution in [2.45, 2.75) is 51.5 Å². The first kappa shape index (κ1) is 11.8. The molecule has 1 saturated carbocycles. The molecule has 0 amide bonds. The molecule has 0 aromatic carbocycles. The van der Waals surface area contributed by atoms with E-state index in [1.54, 1.807) is 0 Å². The van der Waals surface area contributed by atoms with Crippen LogP contribution < -0.4 is 5.73 Å². The Bertz CT molecular complexity index is 189. The Kier molecular flexibility index (Phi) is 4.39. The van der Waals surface area contributed by atoms with E-state index in [0.29, 0.717) is 6.04 Å². The van der Waals surface area contributed by atoms with E-state index in [2.05, 4.69) is 18.7 Å². The molecular weight excluding hydrogens is 202 g/mol. The molecule has 0 bridgehead atoms. The van der Waals surface area contributed by atoms with Crippen LogP contribution in [0.25, 0.3) is 0 Å². The first-order valence-electron chi connectivity index (χ1n) is 6.66. The minimum atomic E-state index is 0.505. The van der Waals surface area contributed by atoms with Crippen molar-refractivity contribution >= 4 is 11.8 Å². The maximum Gasteiger partial charge on any atom is 0.0106 e. The lowest BCUT2D eigenvalue weighted by Gasteiger charge is -2.37. The highest BCUT2D eigenvalue weighted by Gasteiger charge is 2.34. The zero-order valence-electron chi connectivity index (χ0n) is 9.95. The van der Waals surface area contributed by atoms with E-state index >= 15 is 0 Å². The molecule has 2 aliphatic rings. The molecule has 4 atom stereocenters. The largest absolute Gasteiger partial charge is 0.327 e. The van der Waals surface area contributed by atoms with Crippen LogP contribution in [-0.2, 0) is 0 Å². The molecule has 15 heavy (non-hydrogen) atoms. The number of rotatable bonds is 3. The molecule has 4 unspecified atom stereocenters. The Morgan fingerprint density at radius 1 is 1.27 bits per heavy atom. The first-order chi connectivity index (χ1) is 7.33. The molecule has 2 fully saturated rings. The molecule has 1 heterocycles. The smallest absolute Gasteiger partial charge is 0.0106 e. The van der Waals surface area contributed by atoms with Gasteiger partial charge in [-0.05, 0) is 42.1 Å². The summed E-state index contributed by atoms with van der Waals surface area (Å²) in [5.74, 6) is 5.27. The summed E-state index contributed by atoms with van der Waals surface area (Å²) in [6.07, 6.45) is 8.43. The van der Waals surface area contributed by atoms with Gasteiger partial charge in [-0.1, -0.05) is 32.6 Å². The topological polar surface area (TPSA) is 26.0 Å². The molecule has 1 aliphatic heterocycles. The molecule has 1 aliphatic carbocycles. The van der Waals surface area contributed by atoms with Gasteiger partial charge in [0.25, 0.3) is 0 Å². The van der Waals surface area contributed by atoms with Crippen LogP contribution in [0.3, 0.4) is 0 Å². The van der Waals surface area contributed by atoms with Crippen molar-refractivity contribution in [2.75, 3.05) is 11.5 Å². The fraction of sp³-hybridized carbons (Fsp3) is 1.00. The van der Waals surface area contributed by atoms with Gasteiger partial charge in [-0.2, -0.15) is 11.8 Å². The van der Waals surface area contributed by atoms with E-state index in [0.717, 1.165) is 17.8 Å². The molecule has 88 valence electrons. The van der Waals surface area contributed by atoms with E-state index < -0.39 is 0 Å². The fourth-order valence-electron chi connectivity index (χ4n) is 3.46. The van der Waals surface area contributed by atoms with Gasteiger partial charge in [-0.15, -0.1) is 0 Å². The molecule has 0 radical (unpaired) electrons. The van der Waals surface area contributed by atoms with Crippen molar-refractivity contribution in [3.05, 3.63) is 0 Å². The number of thioether (sulfide) groups is 1. The second kappa shape index (κ2) is 5.58. The Labute approximate surface area is 98.6 Å². The van der Waals surface area contributed by atoms with Crippen molar-refractivity contribution in [3.63, 3.8) is 0 Å². The van der Waals surface area contributed by atoms with Crippen LogP contribution in [0, 0.1) is 17.8 Å². The van der Waals surface area contributed by atoms with Crippen molar-refractivity contribution in [1.82, 2.24) is 0 Å². The lowest BCUT2D eigenvalue weighted by molar-refractivity contribution is 0.168. The summed E-state index contributed by atoms with van der Waals surface area (Å²) < 4.78 is 0. The summed E-state index contributed by atoms with van der Waals surface area (Å²) in [5.41, 5.74) is 6.51. The van der Waals surface area contributed by atoms with Gasteiger partial charge in [0.05, 0.1) is 0 Å². The van der Waals surface area contributed by atoms with E-state index in [1.165, 1.54) is 50.0 Å². The minimum absolute atomic E-state index is 0.505. The van der Waals surface area contributed by atoms with Crippen LogP contribution >= 0.6 is 11.8 Å². The van der Waals surface area contributed by atoms with Crippen LogP contribution in [-0.4, -0.2) is 17.5 Å². The quantitative estimate of drug-likeness (QED) is 0.800. The van der Waals surface area contributed by atoms with Gasteiger partial charge >= 0.3 is 0 Å². The average Bonchev–Trinajstić information content (AvgIpc) is 2.81. The third-order valence-electron chi connectivity index (χ3n) is 4.50. The van der Waals surface area contributed by atoms with E-state index in [4.69, 9.17) is 5.73 Å². The van der Waals surface area contributed by atoms with Crippen LogP contribution in [0.4, 0.5) is 0 Å². The van der Waals surface area contributed by atoms with Crippen LogP contribution in [0.2, 0.25) is 0 Å². The number of hydrogen-bond donors (Lipinski definition) is 1. The minimum Gasteiger partial charge on any atom is -0.327 e. The molecule has 1 saturated heterocycles. The molecule has 0 aromatic rings. The SMILES string of the molecule is CCC1CCCCC1C(N)C1CCSC1. The average molecular weight is 227 g/mol. The van der Waals surface area contributed by atoms with Gasteiger partial charge in [-0.25, -0.2) is 0 Å². The predicted octanol–water partition coefficient (Wildman–Crippen LogP) is 3.28. The maximum atomic E-state index is 6.51. The van der Waals surface area contributed by atoms with Crippen LogP contribution in [0.1, 0.15) is 45.4 Å². The highest BCUT2D eigenvalue weighted by molar-refractivity contribution is 7.99. The molecular formula is C13H25NS. The molecule has 2 N–H and O–H groups in total. The Morgan fingerprint density at radius 3 is 2.73 bits per heavy atom. The molecule has 2 rings (SSSR count). The lowest BCUT2D eigenvalue weighted by Crippen LogP contribution is -2.42. The van der Waals surface area contributed by atoms with E-state index in [-0.39, 0.29) is 0 Å². The zero-order valence-corrected chi connectivity index (χ0v) is 10.8. The Hall–Kier alpha value is 0.310. The Balaban J connectivity index is 1.93. The third kappa shape index (κ3) is 2.71. The predicted molar refractivity (Wildman–Crippen MR) is 69.1 cm³/mol. The van der Waals surface area contributed by atoms with Gasteiger partial charge in [0.15, 0.2) is 0 Å². The maximum absolute atomic E-state index is 6.51. The summed E-state index contributed by atoms with van der Waals surface area (Å²) in [6, 6.07) is 0.505. The van der Waals surface area contributed by atoms with Gasteiger partial charge in [-0.3, -0.25) is 0 Å². The van der Waals surface area contributed by atoms with E-state index in [1.807, 2.05) is 0 Å². The molecule has 0 aromatic heterocycles. The number of nitrogens with two attached hydrogens (primary N) is 1.